The van der Waals surface area contributed by atoms with Gasteiger partial charge in [0, 0.05) is 31.9 Å². The fraction of sp³-hybridized carbons (Fsp3) is 0.233. The molecule has 194 valence electrons. The van der Waals surface area contributed by atoms with Gasteiger partial charge in [0.1, 0.15) is 12.3 Å². The van der Waals surface area contributed by atoms with Gasteiger partial charge in [-0.3, -0.25) is 4.79 Å². The number of benzene rings is 3. The maximum absolute atomic E-state index is 13.6. The quantitative estimate of drug-likeness (QED) is 0.405. The number of hydrogen-bond acceptors (Lipinski definition) is 5. The van der Waals surface area contributed by atoms with E-state index in [1.165, 1.54) is 4.68 Å². The first-order valence-corrected chi connectivity index (χ1v) is 12.7. The minimum Gasteiger partial charge on any atom is -0.481 e. The lowest BCUT2D eigenvalue weighted by molar-refractivity contribution is 0.208. The van der Waals surface area contributed by atoms with Gasteiger partial charge in [-0.1, -0.05) is 60.7 Å². The normalized spacial score (nSPS) is 13.3. The van der Waals surface area contributed by atoms with Crippen LogP contribution >= 0.6 is 0 Å². The number of carbonyl (C=O) groups excluding carboxylic acids is 1. The van der Waals surface area contributed by atoms with Gasteiger partial charge >= 0.3 is 11.6 Å². The van der Waals surface area contributed by atoms with Crippen LogP contribution in [0, 0.1) is 13.8 Å². The molecule has 2 amide bonds. The predicted octanol–water partition coefficient (Wildman–Crippen LogP) is 4.78. The first kappa shape index (κ1) is 25.1. The van der Waals surface area contributed by atoms with E-state index in [1.54, 1.807) is 11.1 Å². The third-order valence-corrected chi connectivity index (χ3v) is 6.68. The van der Waals surface area contributed by atoms with E-state index >= 15 is 0 Å². The Bertz CT molecular complexity index is 1460. The Labute approximate surface area is 222 Å². The van der Waals surface area contributed by atoms with Gasteiger partial charge in [0.05, 0.1) is 11.9 Å². The highest BCUT2D eigenvalue weighted by Gasteiger charge is 2.26. The lowest BCUT2D eigenvalue weighted by Gasteiger charge is -2.36. The Hall–Kier alpha value is -4.59. The van der Waals surface area contributed by atoms with Gasteiger partial charge in [0.15, 0.2) is 0 Å². The Kier molecular flexibility index (Phi) is 7.40. The monoisotopic (exact) mass is 509 g/mol. The van der Waals surface area contributed by atoms with E-state index in [-0.39, 0.29) is 23.9 Å². The van der Waals surface area contributed by atoms with Crippen molar-refractivity contribution in [2.45, 2.75) is 20.5 Å². The third kappa shape index (κ3) is 5.54. The molecule has 8 nitrogen and oxygen atoms in total. The summed E-state index contributed by atoms with van der Waals surface area (Å²) in [6.45, 7) is 6.38. The maximum atomic E-state index is 13.6. The molecule has 3 aromatic carbocycles. The molecule has 8 heteroatoms. The molecule has 0 unspecified atom stereocenters. The number of amides is 2. The molecule has 38 heavy (non-hydrogen) atoms. The number of rotatable bonds is 6. The van der Waals surface area contributed by atoms with E-state index in [9.17, 15) is 9.59 Å². The summed E-state index contributed by atoms with van der Waals surface area (Å²) in [4.78, 5) is 30.4. The number of urea groups is 1. The average molecular weight is 510 g/mol. The number of para-hydroxylation sites is 1. The molecular formula is C30H31N5O3. The summed E-state index contributed by atoms with van der Waals surface area (Å²) >= 11 is 0. The van der Waals surface area contributed by atoms with Crippen LogP contribution in [0.2, 0.25) is 0 Å². The molecule has 4 aromatic rings. The number of piperazine rings is 1. The summed E-state index contributed by atoms with van der Waals surface area (Å²) in [6.07, 6.45) is 1.68. The van der Waals surface area contributed by atoms with E-state index in [4.69, 9.17) is 4.74 Å². The fourth-order valence-corrected chi connectivity index (χ4v) is 4.49. The molecule has 1 N–H and O–H groups in total. The van der Waals surface area contributed by atoms with Crippen molar-refractivity contribution < 1.29 is 9.53 Å². The molecule has 0 atom stereocenters. The molecule has 0 saturated carbocycles. The lowest BCUT2D eigenvalue weighted by Crippen LogP contribution is -2.50. The van der Waals surface area contributed by atoms with E-state index in [0.29, 0.717) is 37.6 Å². The lowest BCUT2D eigenvalue weighted by atomic mass is 10.1. The van der Waals surface area contributed by atoms with Crippen molar-refractivity contribution in [1.82, 2.24) is 14.7 Å². The second-order valence-corrected chi connectivity index (χ2v) is 9.41. The first-order chi connectivity index (χ1) is 18.5. The molecule has 0 spiro atoms. The van der Waals surface area contributed by atoms with Crippen molar-refractivity contribution in [2.24, 2.45) is 0 Å². The van der Waals surface area contributed by atoms with Crippen LogP contribution in [0.5, 0.6) is 5.75 Å². The number of nitrogens with zero attached hydrogens (tertiary/aromatic N) is 4. The molecule has 1 aliphatic heterocycles. The van der Waals surface area contributed by atoms with Gasteiger partial charge in [-0.2, -0.15) is 9.78 Å². The largest absolute Gasteiger partial charge is 0.481 e. The van der Waals surface area contributed by atoms with Crippen LogP contribution in [0.1, 0.15) is 16.7 Å². The zero-order valence-electron chi connectivity index (χ0n) is 21.6. The van der Waals surface area contributed by atoms with Gasteiger partial charge in [-0.05, 0) is 48.7 Å². The van der Waals surface area contributed by atoms with Crippen LogP contribution in [0.15, 0.2) is 89.9 Å². The molecule has 2 heterocycles. The Balaban J connectivity index is 1.35. The van der Waals surface area contributed by atoms with E-state index < -0.39 is 0 Å². The highest BCUT2D eigenvalue weighted by atomic mass is 16.5. The number of anilines is 2. The van der Waals surface area contributed by atoms with Crippen molar-refractivity contribution in [1.29, 1.82) is 0 Å². The number of ether oxygens (including phenoxy) is 1. The Morgan fingerprint density at radius 1 is 0.921 bits per heavy atom. The summed E-state index contributed by atoms with van der Waals surface area (Å²) < 4.78 is 7.50. The molecule has 0 aliphatic carbocycles. The summed E-state index contributed by atoms with van der Waals surface area (Å²) in [5, 5.41) is 7.49. The highest BCUT2D eigenvalue weighted by Crippen LogP contribution is 2.27. The number of hydrogen-bond donors (Lipinski definition) is 1. The number of nitrogens with one attached hydrogen (secondary N) is 1. The minimum atomic E-state index is -0.320. The first-order valence-electron chi connectivity index (χ1n) is 12.7. The van der Waals surface area contributed by atoms with Crippen molar-refractivity contribution in [3.63, 3.8) is 0 Å². The van der Waals surface area contributed by atoms with Gasteiger partial charge in [-0.15, -0.1) is 0 Å². The number of carbonyl (C=O) groups is 1. The van der Waals surface area contributed by atoms with Gasteiger partial charge < -0.3 is 19.9 Å². The second-order valence-electron chi connectivity index (χ2n) is 9.41. The van der Waals surface area contributed by atoms with Gasteiger partial charge in [-0.25, -0.2) is 4.79 Å². The zero-order chi connectivity index (χ0) is 26.5. The van der Waals surface area contributed by atoms with Crippen LogP contribution in [-0.4, -0.2) is 46.9 Å². The summed E-state index contributed by atoms with van der Waals surface area (Å²) in [5.74, 6) is 0.251. The van der Waals surface area contributed by atoms with Crippen molar-refractivity contribution in [3.8, 4) is 11.4 Å². The molecule has 1 aliphatic rings. The second kappa shape index (κ2) is 11.2. The van der Waals surface area contributed by atoms with E-state index in [1.807, 2.05) is 92.7 Å². The molecule has 5 rings (SSSR count). The molecule has 0 radical (unpaired) electrons. The maximum Gasteiger partial charge on any atom is 0.321 e. The standard InChI is InChI=1S/C30H31N5O3/c1-22-13-14-23(2)26(19-22)32-30(37)34-17-15-33(16-18-34)27-20-31-35(25-11-7-4-8-12-25)29(36)28(27)38-21-24-9-5-3-6-10-24/h3-14,19-20H,15-18,21H2,1-2H3,(H,32,37). The topological polar surface area (TPSA) is 79.7 Å². The van der Waals surface area contributed by atoms with Crippen LogP contribution in [0.25, 0.3) is 5.69 Å². The van der Waals surface area contributed by atoms with Crippen LogP contribution < -0.4 is 20.5 Å². The average Bonchev–Trinajstić information content (AvgIpc) is 2.95. The smallest absolute Gasteiger partial charge is 0.321 e. The van der Waals surface area contributed by atoms with Gasteiger partial charge in [0.25, 0.3) is 0 Å². The number of aryl methyl sites for hydroxylation is 2. The Morgan fingerprint density at radius 2 is 1.61 bits per heavy atom. The zero-order valence-corrected chi connectivity index (χ0v) is 21.6. The molecular weight excluding hydrogens is 478 g/mol. The van der Waals surface area contributed by atoms with Crippen LogP contribution in [0.3, 0.4) is 0 Å². The minimum absolute atomic E-state index is 0.128. The van der Waals surface area contributed by atoms with Crippen molar-refractivity contribution >= 4 is 17.4 Å². The summed E-state index contributed by atoms with van der Waals surface area (Å²) in [7, 11) is 0. The van der Waals surface area contributed by atoms with Crippen molar-refractivity contribution in [3.05, 3.63) is 112 Å². The number of aromatic nitrogens is 2. The fourth-order valence-electron chi connectivity index (χ4n) is 4.49. The molecule has 1 aromatic heterocycles. The molecule has 0 bridgehead atoms. The summed E-state index contributed by atoms with van der Waals surface area (Å²) in [6, 6.07) is 24.9. The molecule has 1 fully saturated rings. The highest BCUT2D eigenvalue weighted by molar-refractivity contribution is 5.90. The van der Waals surface area contributed by atoms with Crippen LogP contribution in [-0.2, 0) is 6.61 Å². The Morgan fingerprint density at radius 3 is 2.32 bits per heavy atom. The van der Waals surface area contributed by atoms with Crippen molar-refractivity contribution in [2.75, 3.05) is 36.4 Å². The SMILES string of the molecule is Cc1ccc(C)c(NC(=O)N2CCN(c3cnn(-c4ccccc4)c(=O)c3OCc3ccccc3)CC2)c1. The summed E-state index contributed by atoms with van der Waals surface area (Å²) in [5.41, 5.74) is 4.88. The molecule has 1 saturated heterocycles. The third-order valence-electron chi connectivity index (χ3n) is 6.68. The van der Waals surface area contributed by atoms with E-state index in [0.717, 1.165) is 22.4 Å². The van der Waals surface area contributed by atoms with E-state index in [2.05, 4.69) is 15.3 Å². The predicted molar refractivity (Wildman–Crippen MR) is 149 cm³/mol. The van der Waals surface area contributed by atoms with Crippen LogP contribution in [0.4, 0.5) is 16.2 Å². The van der Waals surface area contributed by atoms with Gasteiger partial charge in [0.2, 0.25) is 5.75 Å².